The van der Waals surface area contributed by atoms with Crippen LogP contribution in [0.15, 0.2) is 24.3 Å². The second kappa shape index (κ2) is 9.23. The van der Waals surface area contributed by atoms with E-state index in [0.717, 1.165) is 5.56 Å². The van der Waals surface area contributed by atoms with Crippen LogP contribution >= 0.6 is 11.6 Å². The lowest BCUT2D eigenvalue weighted by atomic mass is 10.0. The number of hydrogen-bond acceptors (Lipinski definition) is 4. The van der Waals surface area contributed by atoms with E-state index in [1.807, 2.05) is 19.1 Å². The third-order valence-corrected chi connectivity index (χ3v) is 2.95. The van der Waals surface area contributed by atoms with Gasteiger partial charge < -0.3 is 14.8 Å². The monoisotopic (exact) mass is 312 g/mol. The summed E-state index contributed by atoms with van der Waals surface area (Å²) in [5, 5.41) is 3.20. The number of rotatable bonds is 7. The highest BCUT2D eigenvalue weighted by Crippen LogP contribution is 2.16. The quantitative estimate of drug-likeness (QED) is 0.620. The Morgan fingerprint density at radius 3 is 2.57 bits per heavy atom. The number of hydrogen-bond donors (Lipinski definition) is 1. The van der Waals surface area contributed by atoms with Crippen molar-refractivity contribution in [1.29, 1.82) is 0 Å². The summed E-state index contributed by atoms with van der Waals surface area (Å²) in [4.78, 5) is 22.4. The number of carbonyl (C=O) groups is 2. The first-order valence-electron chi connectivity index (χ1n) is 6.67. The second-order valence-corrected chi connectivity index (χ2v) is 4.88. The fraction of sp³-hybridized carbons (Fsp3) is 0.400. The lowest BCUT2D eigenvalue weighted by Crippen LogP contribution is -2.29. The minimum atomic E-state index is -0.651. The molecule has 6 heteroatoms. The molecule has 0 aromatic heterocycles. The maximum absolute atomic E-state index is 11.4. The van der Waals surface area contributed by atoms with Gasteiger partial charge in [-0.25, -0.2) is 4.79 Å². The Labute approximate surface area is 129 Å². The molecule has 1 aromatic carbocycles. The predicted molar refractivity (Wildman–Crippen MR) is 79.9 cm³/mol. The Balaban J connectivity index is 2.23. The SMILES string of the molecule is [CH2][C@H](CNC(=O)OCOC(=O)CCC)c1ccc(Cl)cc1. The maximum Gasteiger partial charge on any atom is 0.410 e. The molecule has 0 saturated heterocycles. The Morgan fingerprint density at radius 2 is 1.95 bits per heavy atom. The molecule has 1 amide bonds. The molecule has 5 nitrogen and oxygen atoms in total. The standard InChI is InChI=1S/C15H19ClNO4/c1-3-4-14(18)20-10-21-15(19)17-9-11(2)12-5-7-13(16)8-6-12/h5-8,11H,2-4,9-10H2,1H3,(H,17,19)/t11-/m1/s1. The number of ether oxygens (including phenoxy) is 2. The molecule has 1 aromatic rings. The highest BCUT2D eigenvalue weighted by atomic mass is 35.5. The highest BCUT2D eigenvalue weighted by molar-refractivity contribution is 6.30. The van der Waals surface area contributed by atoms with Crippen molar-refractivity contribution in [3.05, 3.63) is 41.8 Å². The first-order chi connectivity index (χ1) is 10.0. The lowest BCUT2D eigenvalue weighted by Gasteiger charge is -2.13. The van der Waals surface area contributed by atoms with Crippen molar-refractivity contribution in [2.24, 2.45) is 0 Å². The highest BCUT2D eigenvalue weighted by Gasteiger charge is 2.09. The molecule has 115 valence electrons. The summed E-state index contributed by atoms with van der Waals surface area (Å²) in [6.07, 6.45) is 0.347. The molecule has 1 radical (unpaired) electrons. The van der Waals surface area contributed by atoms with Crippen LogP contribution in [0, 0.1) is 6.92 Å². The Morgan fingerprint density at radius 1 is 1.29 bits per heavy atom. The molecule has 0 aliphatic rings. The third-order valence-electron chi connectivity index (χ3n) is 2.70. The van der Waals surface area contributed by atoms with Gasteiger partial charge in [-0.05, 0) is 31.0 Å². The molecular weight excluding hydrogens is 294 g/mol. The van der Waals surface area contributed by atoms with Gasteiger partial charge in [0.1, 0.15) is 0 Å². The summed E-state index contributed by atoms with van der Waals surface area (Å²) in [5.41, 5.74) is 0.953. The molecule has 0 saturated carbocycles. The van der Waals surface area contributed by atoms with Crippen molar-refractivity contribution >= 4 is 23.7 Å². The normalized spacial score (nSPS) is 11.6. The molecular formula is C15H19ClNO4. The molecule has 0 unspecified atom stereocenters. The summed E-state index contributed by atoms with van der Waals surface area (Å²) in [7, 11) is 0. The van der Waals surface area contributed by atoms with E-state index in [0.29, 0.717) is 24.4 Å². The first kappa shape index (κ1) is 17.3. The zero-order chi connectivity index (χ0) is 15.7. The van der Waals surface area contributed by atoms with E-state index in [-0.39, 0.29) is 18.7 Å². The summed E-state index contributed by atoms with van der Waals surface area (Å²) in [5.74, 6) is -0.515. The number of halogens is 1. The van der Waals surface area contributed by atoms with Gasteiger partial charge in [0.2, 0.25) is 6.79 Å². The molecule has 0 fully saturated rings. The van der Waals surface area contributed by atoms with Crippen LogP contribution in [0.2, 0.25) is 5.02 Å². The van der Waals surface area contributed by atoms with Crippen LogP contribution in [0.5, 0.6) is 0 Å². The predicted octanol–water partition coefficient (Wildman–Crippen LogP) is 3.28. The minimum Gasteiger partial charge on any atom is -0.428 e. The van der Waals surface area contributed by atoms with Crippen molar-refractivity contribution in [3.63, 3.8) is 0 Å². The van der Waals surface area contributed by atoms with Gasteiger partial charge in [-0.2, -0.15) is 0 Å². The summed E-state index contributed by atoms with van der Waals surface area (Å²) < 4.78 is 9.43. The van der Waals surface area contributed by atoms with Crippen LogP contribution < -0.4 is 5.32 Å². The van der Waals surface area contributed by atoms with Crippen molar-refractivity contribution in [2.75, 3.05) is 13.3 Å². The van der Waals surface area contributed by atoms with Gasteiger partial charge in [0.25, 0.3) is 0 Å². The topological polar surface area (TPSA) is 64.6 Å². The number of amides is 1. The van der Waals surface area contributed by atoms with E-state index in [9.17, 15) is 9.59 Å². The number of alkyl carbamates (subject to hydrolysis) is 1. The number of carbonyl (C=O) groups excluding carboxylic acids is 2. The molecule has 1 rings (SSSR count). The van der Waals surface area contributed by atoms with Crippen LogP contribution in [-0.4, -0.2) is 25.4 Å². The van der Waals surface area contributed by atoms with Gasteiger partial charge >= 0.3 is 12.1 Å². The van der Waals surface area contributed by atoms with Crippen molar-refractivity contribution < 1.29 is 19.1 Å². The summed E-state index contributed by atoms with van der Waals surface area (Å²) >= 11 is 5.80. The van der Waals surface area contributed by atoms with Crippen LogP contribution in [0.3, 0.4) is 0 Å². The third kappa shape index (κ3) is 6.99. The zero-order valence-corrected chi connectivity index (χ0v) is 12.7. The van der Waals surface area contributed by atoms with E-state index in [1.54, 1.807) is 12.1 Å². The van der Waals surface area contributed by atoms with Crippen LogP contribution in [0.1, 0.15) is 31.2 Å². The first-order valence-corrected chi connectivity index (χ1v) is 7.05. The largest absolute Gasteiger partial charge is 0.428 e. The van der Waals surface area contributed by atoms with E-state index >= 15 is 0 Å². The second-order valence-electron chi connectivity index (χ2n) is 4.45. The molecule has 0 bridgehead atoms. The van der Waals surface area contributed by atoms with Gasteiger partial charge in [0, 0.05) is 23.9 Å². The Bertz CT molecular complexity index is 461. The lowest BCUT2D eigenvalue weighted by molar-refractivity contribution is -0.151. The molecule has 0 aliphatic carbocycles. The Kier molecular flexibility index (Phi) is 7.61. The number of benzene rings is 1. The van der Waals surface area contributed by atoms with Gasteiger partial charge in [-0.3, -0.25) is 4.79 Å². The molecule has 1 atom stereocenters. The van der Waals surface area contributed by atoms with Gasteiger partial charge in [0.15, 0.2) is 0 Å². The minimum absolute atomic E-state index is 0.127. The van der Waals surface area contributed by atoms with Crippen molar-refractivity contribution in [3.8, 4) is 0 Å². The average molecular weight is 313 g/mol. The van der Waals surface area contributed by atoms with Crippen molar-refractivity contribution in [2.45, 2.75) is 25.7 Å². The summed E-state index contributed by atoms with van der Waals surface area (Å²) in [6, 6.07) is 7.22. The molecule has 21 heavy (non-hydrogen) atoms. The van der Waals surface area contributed by atoms with E-state index in [2.05, 4.69) is 12.2 Å². The van der Waals surface area contributed by atoms with Gasteiger partial charge in [-0.1, -0.05) is 30.7 Å². The summed E-state index contributed by atoms with van der Waals surface area (Å²) in [6.45, 7) is 5.73. The van der Waals surface area contributed by atoms with Gasteiger partial charge in [0.05, 0.1) is 0 Å². The zero-order valence-electron chi connectivity index (χ0n) is 11.9. The smallest absolute Gasteiger partial charge is 0.410 e. The fourth-order valence-electron chi connectivity index (χ4n) is 1.54. The van der Waals surface area contributed by atoms with Crippen LogP contribution in [0.25, 0.3) is 0 Å². The Hall–Kier alpha value is -1.75. The molecule has 0 heterocycles. The van der Waals surface area contributed by atoms with Gasteiger partial charge in [-0.15, -0.1) is 0 Å². The number of nitrogens with one attached hydrogen (secondary N) is 1. The van der Waals surface area contributed by atoms with Crippen molar-refractivity contribution in [1.82, 2.24) is 5.32 Å². The maximum atomic E-state index is 11.4. The average Bonchev–Trinajstić information content (AvgIpc) is 2.46. The molecule has 0 aliphatic heterocycles. The fourth-order valence-corrected chi connectivity index (χ4v) is 1.66. The molecule has 1 N–H and O–H groups in total. The van der Waals surface area contributed by atoms with Crippen LogP contribution in [-0.2, 0) is 14.3 Å². The molecule has 0 spiro atoms. The van der Waals surface area contributed by atoms with E-state index in [1.165, 1.54) is 0 Å². The van der Waals surface area contributed by atoms with Crippen LogP contribution in [0.4, 0.5) is 4.79 Å². The van der Waals surface area contributed by atoms with E-state index < -0.39 is 6.09 Å². The van der Waals surface area contributed by atoms with E-state index in [4.69, 9.17) is 21.1 Å². The number of esters is 1.